The molecule has 0 fully saturated rings. The largest absolute Gasteiger partial charge is 0.491 e. The maximum Gasteiger partial charge on any atom is 0.409 e. The number of amides is 2. The quantitative estimate of drug-likeness (QED) is 0.716. The molecule has 0 aliphatic carbocycles. The van der Waals surface area contributed by atoms with Crippen molar-refractivity contribution in [2.24, 2.45) is 0 Å². The second-order valence-electron chi connectivity index (χ2n) is 7.11. The first-order valence-electron chi connectivity index (χ1n) is 9.50. The van der Waals surface area contributed by atoms with Crippen LogP contribution in [-0.4, -0.2) is 55.7 Å². The number of halogens is 4. The van der Waals surface area contributed by atoms with Gasteiger partial charge in [-0.2, -0.15) is 13.2 Å². The Balaban J connectivity index is 1.72. The van der Waals surface area contributed by atoms with E-state index in [4.69, 9.17) is 16.3 Å². The summed E-state index contributed by atoms with van der Waals surface area (Å²) in [5.74, 6) is -1.09. The lowest BCUT2D eigenvalue weighted by Gasteiger charge is -2.32. The summed E-state index contributed by atoms with van der Waals surface area (Å²) in [5.41, 5.74) is 0.179. The highest BCUT2D eigenvalue weighted by molar-refractivity contribution is 6.32. The predicted molar refractivity (Wildman–Crippen MR) is 111 cm³/mol. The van der Waals surface area contributed by atoms with Gasteiger partial charge in [0.2, 0.25) is 11.8 Å². The van der Waals surface area contributed by atoms with Crippen LogP contribution in [0.3, 0.4) is 0 Å². The molecule has 0 radical (unpaired) electrons. The molecule has 1 unspecified atom stereocenters. The number of carbonyl (C=O) groups is 2. The van der Waals surface area contributed by atoms with Gasteiger partial charge in [0.25, 0.3) is 0 Å². The van der Waals surface area contributed by atoms with Gasteiger partial charge in [0.05, 0.1) is 29.4 Å². The van der Waals surface area contributed by atoms with E-state index < -0.39 is 30.5 Å². The Hall–Kier alpha value is -2.78. The molecule has 3 rings (SSSR count). The SMILES string of the molecule is CN(CCOc1ccccc1Cl)CC(=O)N1c2ccccc2NC(=O)CC1C(F)(F)F. The molecule has 1 aliphatic rings. The minimum atomic E-state index is -4.77. The number of hydrogen-bond donors (Lipinski definition) is 1. The number of alkyl halides is 3. The normalized spacial score (nSPS) is 16.5. The Morgan fingerprint density at radius 3 is 2.61 bits per heavy atom. The molecule has 2 amide bonds. The highest BCUT2D eigenvalue weighted by Gasteiger charge is 2.49. The Kier molecular flexibility index (Phi) is 7.07. The molecule has 1 N–H and O–H groups in total. The summed E-state index contributed by atoms with van der Waals surface area (Å²) in [4.78, 5) is 27.2. The van der Waals surface area contributed by atoms with Crippen LogP contribution < -0.4 is 15.0 Å². The van der Waals surface area contributed by atoms with Crippen LogP contribution in [-0.2, 0) is 9.59 Å². The molecule has 31 heavy (non-hydrogen) atoms. The number of nitrogens with one attached hydrogen (secondary N) is 1. The van der Waals surface area contributed by atoms with E-state index in [0.29, 0.717) is 15.7 Å². The number of nitrogens with zero attached hydrogens (tertiary/aromatic N) is 2. The van der Waals surface area contributed by atoms with Crippen LogP contribution in [0.25, 0.3) is 0 Å². The zero-order valence-electron chi connectivity index (χ0n) is 16.7. The molecule has 1 atom stereocenters. The molecule has 0 spiro atoms. The van der Waals surface area contributed by atoms with Gasteiger partial charge < -0.3 is 10.1 Å². The number of benzene rings is 2. The van der Waals surface area contributed by atoms with E-state index in [1.165, 1.54) is 18.2 Å². The third-order valence-electron chi connectivity index (χ3n) is 4.75. The van der Waals surface area contributed by atoms with Gasteiger partial charge in [-0.25, -0.2) is 0 Å². The molecule has 6 nitrogen and oxygen atoms in total. The number of ether oxygens (including phenoxy) is 1. The van der Waals surface area contributed by atoms with Crippen LogP contribution in [0.15, 0.2) is 48.5 Å². The maximum atomic E-state index is 13.7. The molecule has 1 aliphatic heterocycles. The van der Waals surface area contributed by atoms with Crippen LogP contribution in [0.5, 0.6) is 5.75 Å². The van der Waals surface area contributed by atoms with Crippen molar-refractivity contribution in [3.8, 4) is 5.75 Å². The average molecular weight is 456 g/mol. The van der Waals surface area contributed by atoms with E-state index in [1.807, 2.05) is 0 Å². The molecule has 10 heteroatoms. The van der Waals surface area contributed by atoms with Gasteiger partial charge in [0.15, 0.2) is 0 Å². The highest BCUT2D eigenvalue weighted by Crippen LogP contribution is 2.37. The fraction of sp³-hybridized carbons (Fsp3) is 0.333. The van der Waals surface area contributed by atoms with Crippen molar-refractivity contribution < 1.29 is 27.5 Å². The highest BCUT2D eigenvalue weighted by atomic mass is 35.5. The fourth-order valence-electron chi connectivity index (χ4n) is 3.26. The van der Waals surface area contributed by atoms with E-state index in [9.17, 15) is 22.8 Å². The van der Waals surface area contributed by atoms with Gasteiger partial charge in [-0.15, -0.1) is 0 Å². The number of fused-ring (bicyclic) bond motifs is 1. The van der Waals surface area contributed by atoms with Crippen molar-refractivity contribution in [3.63, 3.8) is 0 Å². The smallest absolute Gasteiger partial charge is 0.409 e. The van der Waals surface area contributed by atoms with Gasteiger partial charge in [-0.05, 0) is 31.3 Å². The van der Waals surface area contributed by atoms with Crippen molar-refractivity contribution >= 4 is 34.8 Å². The molecule has 0 bridgehead atoms. The monoisotopic (exact) mass is 455 g/mol. The first-order valence-corrected chi connectivity index (χ1v) is 9.88. The Morgan fingerprint density at radius 1 is 1.23 bits per heavy atom. The van der Waals surface area contributed by atoms with E-state index in [0.717, 1.165) is 0 Å². The minimum Gasteiger partial charge on any atom is -0.491 e. The first kappa shape index (κ1) is 22.9. The number of rotatable bonds is 6. The molecule has 1 heterocycles. The van der Waals surface area contributed by atoms with Gasteiger partial charge in [0, 0.05) is 6.54 Å². The van der Waals surface area contributed by atoms with Crippen molar-refractivity contribution in [3.05, 3.63) is 53.6 Å². The summed E-state index contributed by atoms with van der Waals surface area (Å²) < 4.78 is 46.8. The maximum absolute atomic E-state index is 13.7. The molecule has 2 aromatic rings. The summed E-state index contributed by atoms with van der Waals surface area (Å²) in [6.07, 6.45) is -5.64. The summed E-state index contributed by atoms with van der Waals surface area (Å²) in [6.45, 7) is 0.175. The summed E-state index contributed by atoms with van der Waals surface area (Å²) in [7, 11) is 1.60. The molecule has 0 saturated carbocycles. The second kappa shape index (κ2) is 9.57. The summed E-state index contributed by atoms with van der Waals surface area (Å²) in [6, 6.07) is 10.6. The number of likely N-dealkylation sites (N-methyl/N-ethyl adjacent to an activating group) is 1. The topological polar surface area (TPSA) is 61.9 Å². The lowest BCUT2D eigenvalue weighted by Crippen LogP contribution is -2.52. The zero-order valence-corrected chi connectivity index (χ0v) is 17.4. The van der Waals surface area contributed by atoms with Crippen molar-refractivity contribution in [2.45, 2.75) is 18.6 Å². The van der Waals surface area contributed by atoms with Crippen molar-refractivity contribution in [1.29, 1.82) is 0 Å². The molecular weight excluding hydrogens is 435 g/mol. The fourth-order valence-corrected chi connectivity index (χ4v) is 3.45. The Morgan fingerprint density at radius 2 is 1.90 bits per heavy atom. The average Bonchev–Trinajstić information content (AvgIpc) is 2.85. The van der Waals surface area contributed by atoms with Crippen molar-refractivity contribution in [2.75, 3.05) is 37.0 Å². The lowest BCUT2D eigenvalue weighted by molar-refractivity contribution is -0.158. The van der Waals surface area contributed by atoms with Crippen LogP contribution in [0, 0.1) is 0 Å². The Labute approximate surface area is 182 Å². The third kappa shape index (κ3) is 5.68. The predicted octanol–water partition coefficient (Wildman–Crippen LogP) is 3.96. The van der Waals surface area contributed by atoms with Crippen molar-refractivity contribution in [1.82, 2.24) is 4.90 Å². The van der Waals surface area contributed by atoms with Gasteiger partial charge in [-0.3, -0.25) is 19.4 Å². The zero-order chi connectivity index (χ0) is 22.6. The molecule has 0 saturated heterocycles. The molecule has 0 aromatic heterocycles. The molecular formula is C21H21ClF3N3O3. The summed E-state index contributed by atoms with van der Waals surface area (Å²) in [5, 5.41) is 2.88. The van der Waals surface area contributed by atoms with Crippen LogP contribution in [0.2, 0.25) is 5.02 Å². The number of anilines is 2. The van der Waals surface area contributed by atoms with E-state index >= 15 is 0 Å². The molecule has 166 valence electrons. The third-order valence-corrected chi connectivity index (χ3v) is 5.06. The second-order valence-corrected chi connectivity index (χ2v) is 7.51. The number of para-hydroxylation sites is 3. The molecule has 2 aromatic carbocycles. The van der Waals surface area contributed by atoms with Gasteiger partial charge in [-0.1, -0.05) is 35.9 Å². The van der Waals surface area contributed by atoms with E-state index in [1.54, 1.807) is 42.3 Å². The number of hydrogen-bond acceptors (Lipinski definition) is 4. The Bertz CT molecular complexity index is 955. The number of carbonyl (C=O) groups excluding carboxylic acids is 2. The van der Waals surface area contributed by atoms with Crippen LogP contribution in [0.1, 0.15) is 6.42 Å². The standard InChI is InChI=1S/C21H21ClF3N3O3/c1-27(10-11-31-17-9-5-2-6-14(17)22)13-20(30)28-16-8-4-3-7-15(16)26-19(29)12-18(28)21(23,24)25/h2-9,18H,10-13H2,1H3,(H,26,29). The van der Waals surface area contributed by atoms with Crippen LogP contribution >= 0.6 is 11.6 Å². The first-order chi connectivity index (χ1) is 14.7. The van der Waals surface area contributed by atoms with E-state index in [2.05, 4.69) is 5.32 Å². The van der Waals surface area contributed by atoms with Crippen LogP contribution in [0.4, 0.5) is 24.5 Å². The summed E-state index contributed by atoms with van der Waals surface area (Å²) >= 11 is 6.02. The minimum absolute atomic E-state index is 0.0152. The van der Waals surface area contributed by atoms with Gasteiger partial charge >= 0.3 is 6.18 Å². The van der Waals surface area contributed by atoms with E-state index in [-0.39, 0.29) is 31.1 Å². The lowest BCUT2D eigenvalue weighted by atomic mass is 10.1. The van der Waals surface area contributed by atoms with Gasteiger partial charge in [0.1, 0.15) is 18.4 Å².